The Morgan fingerprint density at radius 1 is 1.50 bits per heavy atom. The first-order valence-electron chi connectivity index (χ1n) is 4.72. The highest BCUT2D eigenvalue weighted by Crippen LogP contribution is 2.32. The summed E-state index contributed by atoms with van der Waals surface area (Å²) in [4.78, 5) is 2.20. The minimum absolute atomic E-state index is 0.409. The summed E-state index contributed by atoms with van der Waals surface area (Å²) in [6.45, 7) is 4.63. The third-order valence-electron chi connectivity index (χ3n) is 2.64. The van der Waals surface area contributed by atoms with Gasteiger partial charge in [0.1, 0.15) is 0 Å². The Bertz CT molecular complexity index is 189. The van der Waals surface area contributed by atoms with E-state index in [0.29, 0.717) is 12.0 Å². The Balaban J connectivity index is 1.95. The van der Waals surface area contributed by atoms with Crippen LogP contribution in [0.1, 0.15) is 19.8 Å². The fourth-order valence-corrected chi connectivity index (χ4v) is 1.68. The van der Waals surface area contributed by atoms with Gasteiger partial charge in [-0.05, 0) is 19.8 Å². The quantitative estimate of drug-likeness (QED) is 0.470. The van der Waals surface area contributed by atoms with Gasteiger partial charge in [0, 0.05) is 12.5 Å². The molecule has 0 aromatic heterocycles. The number of nitrogens with zero attached hydrogens (tertiary/aromatic N) is 1. The molecule has 0 aromatic rings. The molecule has 0 aromatic carbocycles. The van der Waals surface area contributed by atoms with Crippen LogP contribution in [0.3, 0.4) is 0 Å². The Morgan fingerprint density at radius 2 is 2.25 bits per heavy atom. The van der Waals surface area contributed by atoms with Gasteiger partial charge in [-0.1, -0.05) is 0 Å². The summed E-state index contributed by atoms with van der Waals surface area (Å²) in [5.41, 5.74) is 0. The predicted molar refractivity (Wildman–Crippen MR) is 47.4 cm³/mol. The molecule has 0 radical (unpaired) electrons. The minimum atomic E-state index is 0.409. The average molecular weight is 168 g/mol. The number of rotatable bonds is 1. The summed E-state index contributed by atoms with van der Waals surface area (Å²) in [7, 11) is 0. The van der Waals surface area contributed by atoms with E-state index in [0.717, 1.165) is 25.6 Å². The van der Waals surface area contributed by atoms with Crippen molar-refractivity contribution in [3.05, 3.63) is 0 Å². The minimum Gasteiger partial charge on any atom is -0.377 e. The van der Waals surface area contributed by atoms with Gasteiger partial charge in [0.15, 0.2) is 0 Å². The lowest BCUT2D eigenvalue weighted by atomic mass is 10.2. The number of morpholine rings is 1. The zero-order chi connectivity index (χ0) is 8.55. The van der Waals surface area contributed by atoms with E-state index in [9.17, 15) is 0 Å². The Hall–Kier alpha value is -0.570. The normalized spacial score (nSPS) is 30.4. The SMILES string of the molecule is CC1COCCN1C(=N)C1CC1. The number of hydrogen-bond donors (Lipinski definition) is 1. The van der Waals surface area contributed by atoms with Gasteiger partial charge in [-0.25, -0.2) is 0 Å². The largest absolute Gasteiger partial charge is 0.377 e. The van der Waals surface area contributed by atoms with E-state index in [1.54, 1.807) is 0 Å². The molecule has 0 amide bonds. The van der Waals surface area contributed by atoms with Crippen LogP contribution < -0.4 is 0 Å². The lowest BCUT2D eigenvalue weighted by molar-refractivity contribution is 0.0315. The van der Waals surface area contributed by atoms with Crippen molar-refractivity contribution >= 4 is 5.84 Å². The van der Waals surface area contributed by atoms with E-state index in [-0.39, 0.29) is 0 Å². The van der Waals surface area contributed by atoms with E-state index in [4.69, 9.17) is 10.1 Å². The number of hydrogen-bond acceptors (Lipinski definition) is 2. The third kappa shape index (κ3) is 1.46. The summed E-state index contributed by atoms with van der Waals surface area (Å²) in [6, 6.07) is 0.409. The third-order valence-corrected chi connectivity index (χ3v) is 2.64. The molecule has 68 valence electrons. The van der Waals surface area contributed by atoms with Crippen molar-refractivity contribution in [2.24, 2.45) is 5.92 Å². The smallest absolute Gasteiger partial charge is 0.0993 e. The van der Waals surface area contributed by atoms with Gasteiger partial charge in [-0.15, -0.1) is 0 Å². The van der Waals surface area contributed by atoms with Gasteiger partial charge in [0.05, 0.1) is 25.1 Å². The van der Waals surface area contributed by atoms with Crippen LogP contribution >= 0.6 is 0 Å². The molecular weight excluding hydrogens is 152 g/mol. The van der Waals surface area contributed by atoms with Crippen LogP contribution in [0.4, 0.5) is 0 Å². The first-order valence-corrected chi connectivity index (χ1v) is 4.72. The molecule has 1 unspecified atom stereocenters. The van der Waals surface area contributed by atoms with Crippen molar-refractivity contribution in [3.63, 3.8) is 0 Å². The summed E-state index contributed by atoms with van der Waals surface area (Å²) in [6.07, 6.45) is 2.45. The molecule has 1 saturated heterocycles. The summed E-state index contributed by atoms with van der Waals surface area (Å²) >= 11 is 0. The lowest BCUT2D eigenvalue weighted by Gasteiger charge is -2.35. The van der Waals surface area contributed by atoms with E-state index >= 15 is 0 Å². The molecule has 1 aliphatic heterocycles. The second-order valence-electron chi connectivity index (χ2n) is 3.78. The molecule has 3 heteroatoms. The molecule has 2 rings (SSSR count). The van der Waals surface area contributed by atoms with Crippen LogP contribution in [0, 0.1) is 11.3 Å². The van der Waals surface area contributed by atoms with Crippen molar-refractivity contribution in [3.8, 4) is 0 Å². The van der Waals surface area contributed by atoms with Crippen LogP contribution in [0.15, 0.2) is 0 Å². The fourth-order valence-electron chi connectivity index (χ4n) is 1.68. The second kappa shape index (κ2) is 3.05. The number of nitrogens with one attached hydrogen (secondary N) is 1. The highest BCUT2D eigenvalue weighted by molar-refractivity contribution is 5.84. The van der Waals surface area contributed by atoms with Crippen LogP contribution in [0.2, 0.25) is 0 Å². The summed E-state index contributed by atoms with van der Waals surface area (Å²) in [5, 5.41) is 7.90. The van der Waals surface area contributed by atoms with Crippen LogP contribution in [-0.2, 0) is 4.74 Å². The van der Waals surface area contributed by atoms with E-state index < -0.39 is 0 Å². The molecule has 12 heavy (non-hydrogen) atoms. The van der Waals surface area contributed by atoms with E-state index in [1.165, 1.54) is 12.8 Å². The Labute approximate surface area is 73.2 Å². The molecule has 1 saturated carbocycles. The van der Waals surface area contributed by atoms with E-state index in [2.05, 4.69) is 11.8 Å². The average Bonchev–Trinajstić information content (AvgIpc) is 2.86. The van der Waals surface area contributed by atoms with Crippen molar-refractivity contribution in [2.75, 3.05) is 19.8 Å². The molecule has 0 bridgehead atoms. The molecule has 2 aliphatic rings. The Kier molecular flexibility index (Phi) is 2.05. The maximum Gasteiger partial charge on any atom is 0.0993 e. The van der Waals surface area contributed by atoms with Crippen LogP contribution in [0.25, 0.3) is 0 Å². The first kappa shape index (κ1) is 8.05. The molecular formula is C9H16N2O. The molecule has 1 heterocycles. The zero-order valence-electron chi connectivity index (χ0n) is 7.55. The molecule has 0 spiro atoms. The van der Waals surface area contributed by atoms with Crippen LogP contribution in [-0.4, -0.2) is 36.5 Å². The summed E-state index contributed by atoms with van der Waals surface area (Å²) < 4.78 is 5.32. The maximum absolute atomic E-state index is 7.90. The Morgan fingerprint density at radius 3 is 2.83 bits per heavy atom. The molecule has 1 atom stereocenters. The fraction of sp³-hybridized carbons (Fsp3) is 0.889. The van der Waals surface area contributed by atoms with Gasteiger partial charge < -0.3 is 9.64 Å². The molecule has 1 aliphatic carbocycles. The predicted octanol–water partition coefficient (Wildman–Crippen LogP) is 1.09. The summed E-state index contributed by atoms with van der Waals surface area (Å²) in [5.74, 6) is 1.43. The van der Waals surface area contributed by atoms with Crippen molar-refractivity contribution in [2.45, 2.75) is 25.8 Å². The maximum atomic E-state index is 7.90. The molecule has 2 fully saturated rings. The number of amidine groups is 1. The van der Waals surface area contributed by atoms with E-state index in [1.807, 2.05) is 0 Å². The monoisotopic (exact) mass is 168 g/mol. The lowest BCUT2D eigenvalue weighted by Crippen LogP contribution is -2.47. The second-order valence-corrected chi connectivity index (χ2v) is 3.78. The van der Waals surface area contributed by atoms with Gasteiger partial charge in [-0.2, -0.15) is 0 Å². The van der Waals surface area contributed by atoms with Gasteiger partial charge in [0.2, 0.25) is 0 Å². The van der Waals surface area contributed by atoms with Gasteiger partial charge in [-0.3, -0.25) is 5.41 Å². The first-order chi connectivity index (χ1) is 5.79. The topological polar surface area (TPSA) is 36.3 Å². The van der Waals surface area contributed by atoms with Crippen molar-refractivity contribution < 1.29 is 4.74 Å². The van der Waals surface area contributed by atoms with Crippen molar-refractivity contribution in [1.29, 1.82) is 5.41 Å². The standard InChI is InChI=1S/C9H16N2O/c1-7-6-12-5-4-11(7)9(10)8-2-3-8/h7-8,10H,2-6H2,1H3. The zero-order valence-corrected chi connectivity index (χ0v) is 7.55. The van der Waals surface area contributed by atoms with Crippen LogP contribution in [0.5, 0.6) is 0 Å². The van der Waals surface area contributed by atoms with Crippen molar-refractivity contribution in [1.82, 2.24) is 4.90 Å². The molecule has 1 N–H and O–H groups in total. The van der Waals surface area contributed by atoms with Gasteiger partial charge in [0.25, 0.3) is 0 Å². The highest BCUT2D eigenvalue weighted by Gasteiger charge is 2.32. The highest BCUT2D eigenvalue weighted by atomic mass is 16.5. The molecule has 3 nitrogen and oxygen atoms in total. The van der Waals surface area contributed by atoms with Gasteiger partial charge >= 0.3 is 0 Å². The number of ether oxygens (including phenoxy) is 1.